The Bertz CT molecular complexity index is 879. The van der Waals surface area contributed by atoms with Gasteiger partial charge in [0, 0.05) is 0 Å². The van der Waals surface area contributed by atoms with E-state index >= 15 is 0 Å². The smallest absolute Gasteiger partial charge is 0.395 e. The van der Waals surface area contributed by atoms with Crippen molar-refractivity contribution in [2.75, 3.05) is 19.0 Å². The topological polar surface area (TPSA) is 106 Å². The third kappa shape index (κ3) is 3.18. The van der Waals surface area contributed by atoms with Gasteiger partial charge in [0.15, 0.2) is 0 Å². The normalized spacial score (nSPS) is 15.8. The van der Waals surface area contributed by atoms with Gasteiger partial charge in [-0.25, -0.2) is 0 Å². The summed E-state index contributed by atoms with van der Waals surface area (Å²) in [7, 11) is 1.47. The summed E-state index contributed by atoms with van der Waals surface area (Å²) in [4.78, 5) is 4.35. The van der Waals surface area contributed by atoms with Gasteiger partial charge in [0.05, 0.1) is 31.3 Å². The van der Waals surface area contributed by atoms with E-state index in [1.165, 1.54) is 7.11 Å². The van der Waals surface area contributed by atoms with Crippen LogP contribution in [0.2, 0.25) is 0 Å². The predicted octanol–water partition coefficient (Wildman–Crippen LogP) is 3.42. The summed E-state index contributed by atoms with van der Waals surface area (Å²) in [5.41, 5.74) is 8.88. The average Bonchev–Trinajstić information content (AvgIpc) is 3.04. The van der Waals surface area contributed by atoms with Gasteiger partial charge in [0.1, 0.15) is 17.3 Å². The van der Waals surface area contributed by atoms with E-state index in [0.717, 1.165) is 29.7 Å². The molecule has 0 saturated heterocycles. The second-order valence-electron chi connectivity index (χ2n) is 6.12. The molecule has 1 aliphatic rings. The highest BCUT2D eigenvalue weighted by molar-refractivity contribution is 5.62. The van der Waals surface area contributed by atoms with Gasteiger partial charge in [0.2, 0.25) is 5.88 Å². The number of hydrogen-bond donors (Lipinski definition) is 2. The maximum absolute atomic E-state index is 9.61. The first-order chi connectivity index (χ1) is 12.6. The molecule has 0 radical (unpaired) electrons. The molecule has 1 aromatic heterocycles. The molecule has 0 spiro atoms. The zero-order valence-electron chi connectivity index (χ0n) is 15.1. The molecular formula is C19H22N4O3. The minimum Gasteiger partial charge on any atom is -0.493 e. The second kappa shape index (κ2) is 7.40. The van der Waals surface area contributed by atoms with E-state index in [4.69, 9.17) is 19.6 Å². The highest BCUT2D eigenvalue weighted by atomic mass is 16.6. The maximum Gasteiger partial charge on any atom is 0.395 e. The van der Waals surface area contributed by atoms with Gasteiger partial charge in [-0.05, 0) is 30.5 Å². The summed E-state index contributed by atoms with van der Waals surface area (Å²) in [5.74, 6) is 1.06. The van der Waals surface area contributed by atoms with Crippen molar-refractivity contribution >= 4 is 5.88 Å². The van der Waals surface area contributed by atoms with E-state index in [0.29, 0.717) is 23.8 Å². The Morgan fingerprint density at radius 3 is 2.88 bits per heavy atom. The van der Waals surface area contributed by atoms with Crippen LogP contribution >= 0.6 is 0 Å². The number of nitriles is 1. The molecule has 136 valence electrons. The fourth-order valence-corrected chi connectivity index (χ4v) is 2.96. The zero-order chi connectivity index (χ0) is 18.7. The molecule has 0 fully saturated rings. The summed E-state index contributed by atoms with van der Waals surface area (Å²) < 4.78 is 16.4. The van der Waals surface area contributed by atoms with E-state index in [1.807, 2.05) is 25.1 Å². The fraction of sp³-hybridized carbons (Fsp3) is 0.368. The van der Waals surface area contributed by atoms with Crippen molar-refractivity contribution in [3.8, 4) is 17.9 Å². The number of aryl methyl sites for hydroxylation is 1. The molecule has 0 saturated carbocycles. The van der Waals surface area contributed by atoms with Crippen LogP contribution in [0.4, 0.5) is 5.88 Å². The molecule has 2 aromatic rings. The number of unbranched alkanes of at least 4 members (excludes halogenated alkanes) is 1. The van der Waals surface area contributed by atoms with Crippen LogP contribution in [0.1, 0.15) is 42.5 Å². The number of oxazole rings is 1. The van der Waals surface area contributed by atoms with Gasteiger partial charge in [-0.3, -0.25) is 0 Å². The first-order valence-corrected chi connectivity index (χ1v) is 8.53. The lowest BCUT2D eigenvalue weighted by Crippen LogP contribution is -2.22. The molecular weight excluding hydrogens is 332 g/mol. The number of methoxy groups -OCH3 is 1. The van der Waals surface area contributed by atoms with Crippen molar-refractivity contribution in [2.24, 2.45) is 5.73 Å². The number of fused-ring (bicyclic) bond motifs is 1. The number of allylic oxidation sites excluding steroid dienone is 1. The van der Waals surface area contributed by atoms with E-state index in [1.54, 1.807) is 0 Å². The summed E-state index contributed by atoms with van der Waals surface area (Å²) >= 11 is 0. The van der Waals surface area contributed by atoms with Crippen LogP contribution in [-0.4, -0.2) is 18.7 Å². The van der Waals surface area contributed by atoms with Crippen molar-refractivity contribution in [3.05, 3.63) is 46.4 Å². The lowest BCUT2D eigenvalue weighted by atomic mass is 9.86. The van der Waals surface area contributed by atoms with Crippen LogP contribution in [0, 0.1) is 18.3 Å². The first kappa shape index (κ1) is 17.7. The van der Waals surface area contributed by atoms with Crippen molar-refractivity contribution in [1.29, 1.82) is 5.26 Å². The molecule has 2 heterocycles. The van der Waals surface area contributed by atoms with E-state index < -0.39 is 5.92 Å². The Morgan fingerprint density at radius 2 is 2.23 bits per heavy atom. The number of nitrogens with zero attached hydrogens (tertiary/aromatic N) is 2. The number of nitrogens with one attached hydrogen (secondary N) is 1. The number of ether oxygens (including phenoxy) is 2. The third-order valence-corrected chi connectivity index (χ3v) is 4.32. The molecule has 7 nitrogen and oxygen atoms in total. The van der Waals surface area contributed by atoms with E-state index in [2.05, 4.69) is 23.3 Å². The average molecular weight is 354 g/mol. The molecule has 1 aliphatic heterocycles. The number of anilines is 1. The standard InChI is InChI=1S/C19H22N4O3/c1-4-5-8-25-14-7-6-12(9-11(14)2)15-13(10-20)17(21)23-18-16(15)22-19(24-3)26-18/h6-7,9,15,23H,4-5,8,21H2,1-3H3/t15-/m1/s1. The van der Waals surface area contributed by atoms with Gasteiger partial charge >= 0.3 is 6.08 Å². The molecule has 0 aliphatic carbocycles. The monoisotopic (exact) mass is 354 g/mol. The molecule has 1 aromatic carbocycles. The van der Waals surface area contributed by atoms with Crippen LogP contribution < -0.4 is 20.5 Å². The zero-order valence-corrected chi connectivity index (χ0v) is 15.1. The Morgan fingerprint density at radius 1 is 1.42 bits per heavy atom. The second-order valence-corrected chi connectivity index (χ2v) is 6.12. The molecule has 0 unspecified atom stereocenters. The molecule has 1 atom stereocenters. The number of benzene rings is 1. The van der Waals surface area contributed by atoms with Crippen LogP contribution in [0.3, 0.4) is 0 Å². The number of nitrogens with two attached hydrogens (primary N) is 1. The van der Waals surface area contributed by atoms with Gasteiger partial charge in [0.25, 0.3) is 0 Å². The van der Waals surface area contributed by atoms with Gasteiger partial charge in [-0.2, -0.15) is 10.2 Å². The van der Waals surface area contributed by atoms with Crippen LogP contribution in [-0.2, 0) is 0 Å². The minimum absolute atomic E-state index is 0.121. The SMILES string of the molecule is CCCCOc1ccc([C@@H]2C(C#N)=C(N)Nc3oc(OC)nc32)cc1C. The Hall–Kier alpha value is -3.14. The van der Waals surface area contributed by atoms with Crippen molar-refractivity contribution in [3.63, 3.8) is 0 Å². The highest BCUT2D eigenvalue weighted by Crippen LogP contribution is 2.42. The predicted molar refractivity (Wildman–Crippen MR) is 96.9 cm³/mol. The lowest BCUT2D eigenvalue weighted by molar-refractivity contribution is 0.294. The fourth-order valence-electron chi connectivity index (χ4n) is 2.96. The number of rotatable bonds is 6. The minimum atomic E-state index is -0.424. The summed E-state index contributed by atoms with van der Waals surface area (Å²) in [6.45, 7) is 4.79. The van der Waals surface area contributed by atoms with Crippen molar-refractivity contribution < 1.29 is 13.9 Å². The first-order valence-electron chi connectivity index (χ1n) is 8.53. The molecule has 7 heteroatoms. The van der Waals surface area contributed by atoms with Gasteiger partial charge in [-0.1, -0.05) is 25.5 Å². The largest absolute Gasteiger partial charge is 0.493 e. The summed E-state index contributed by atoms with van der Waals surface area (Å²) in [6, 6.07) is 8.03. The Balaban J connectivity index is 2.00. The molecule has 0 bridgehead atoms. The number of hydrogen-bond acceptors (Lipinski definition) is 7. The quantitative estimate of drug-likeness (QED) is 0.765. The molecule has 3 rings (SSSR count). The van der Waals surface area contributed by atoms with Gasteiger partial charge in [-0.15, -0.1) is 0 Å². The van der Waals surface area contributed by atoms with Gasteiger partial charge < -0.3 is 24.9 Å². The van der Waals surface area contributed by atoms with Crippen LogP contribution in [0.5, 0.6) is 11.8 Å². The van der Waals surface area contributed by atoms with E-state index in [-0.39, 0.29) is 11.9 Å². The molecule has 26 heavy (non-hydrogen) atoms. The lowest BCUT2D eigenvalue weighted by Gasteiger charge is -2.23. The summed E-state index contributed by atoms with van der Waals surface area (Å²) in [5, 5.41) is 12.5. The van der Waals surface area contributed by atoms with E-state index in [9.17, 15) is 5.26 Å². The van der Waals surface area contributed by atoms with Crippen molar-refractivity contribution in [2.45, 2.75) is 32.6 Å². The Kier molecular flexibility index (Phi) is 5.03. The highest BCUT2D eigenvalue weighted by Gasteiger charge is 2.34. The van der Waals surface area contributed by atoms with Crippen LogP contribution in [0.25, 0.3) is 0 Å². The summed E-state index contributed by atoms with van der Waals surface area (Å²) in [6.07, 6.45) is 2.21. The van der Waals surface area contributed by atoms with Crippen LogP contribution in [0.15, 0.2) is 34.0 Å². The Labute approximate surface area is 152 Å². The molecule has 3 N–H and O–H groups in total. The number of aromatic nitrogens is 1. The molecule has 0 amide bonds. The maximum atomic E-state index is 9.61. The third-order valence-electron chi connectivity index (χ3n) is 4.32. The van der Waals surface area contributed by atoms with Crippen molar-refractivity contribution in [1.82, 2.24) is 4.98 Å².